The Morgan fingerprint density at radius 3 is 2.79 bits per heavy atom. The second-order valence-corrected chi connectivity index (χ2v) is 7.15. The number of carbonyl (C=O) groups excluding carboxylic acids is 1. The molecule has 2 aromatic carbocycles. The summed E-state index contributed by atoms with van der Waals surface area (Å²) < 4.78 is 13.4. The van der Waals surface area contributed by atoms with Gasteiger partial charge in [0.25, 0.3) is 5.91 Å². The van der Waals surface area contributed by atoms with Crippen molar-refractivity contribution in [2.75, 3.05) is 29.9 Å². The predicted octanol–water partition coefficient (Wildman–Crippen LogP) is 3.93. The average molecular weight is 390 g/mol. The van der Waals surface area contributed by atoms with Crippen LogP contribution in [0.1, 0.15) is 27.5 Å². The lowest BCUT2D eigenvalue weighted by atomic mass is 10.0. The summed E-state index contributed by atoms with van der Waals surface area (Å²) in [6, 6.07) is 18.3. The van der Waals surface area contributed by atoms with Crippen LogP contribution in [0.4, 0.5) is 15.9 Å². The summed E-state index contributed by atoms with van der Waals surface area (Å²) in [6.07, 6.45) is 1.70. The fourth-order valence-corrected chi connectivity index (χ4v) is 3.63. The highest BCUT2D eigenvalue weighted by atomic mass is 19.1. The first kappa shape index (κ1) is 19.1. The number of halogens is 1. The van der Waals surface area contributed by atoms with Gasteiger partial charge in [0.1, 0.15) is 11.6 Å². The molecule has 0 unspecified atom stereocenters. The molecule has 6 heteroatoms. The van der Waals surface area contributed by atoms with Gasteiger partial charge >= 0.3 is 0 Å². The summed E-state index contributed by atoms with van der Waals surface area (Å²) in [7, 11) is 0. The number of piperazine rings is 1. The smallest absolute Gasteiger partial charge is 0.259 e. The SMILES string of the molecule is Cc1cc(F)ccc1NC(=O)c1cccnc1N1CCN[C@H](c2ccccc2)C1. The third kappa shape index (κ3) is 4.27. The summed E-state index contributed by atoms with van der Waals surface area (Å²) >= 11 is 0. The van der Waals surface area contributed by atoms with Crippen molar-refractivity contribution in [3.63, 3.8) is 0 Å². The topological polar surface area (TPSA) is 57.3 Å². The molecule has 1 amide bonds. The Balaban J connectivity index is 1.57. The van der Waals surface area contributed by atoms with Gasteiger partial charge in [-0.25, -0.2) is 9.37 Å². The molecule has 1 aliphatic heterocycles. The van der Waals surface area contributed by atoms with Crippen molar-refractivity contribution >= 4 is 17.4 Å². The maximum absolute atomic E-state index is 13.4. The number of aromatic nitrogens is 1. The molecule has 0 bridgehead atoms. The van der Waals surface area contributed by atoms with Crippen molar-refractivity contribution in [1.82, 2.24) is 10.3 Å². The Kier molecular flexibility index (Phi) is 5.53. The number of aryl methyl sites for hydroxylation is 1. The summed E-state index contributed by atoms with van der Waals surface area (Å²) in [5.74, 6) is 0.0835. The average Bonchev–Trinajstić information content (AvgIpc) is 2.76. The van der Waals surface area contributed by atoms with E-state index in [1.54, 1.807) is 31.3 Å². The minimum Gasteiger partial charge on any atom is -0.353 e. The van der Waals surface area contributed by atoms with E-state index < -0.39 is 0 Å². The number of benzene rings is 2. The van der Waals surface area contributed by atoms with Gasteiger partial charge in [0.2, 0.25) is 0 Å². The monoisotopic (exact) mass is 390 g/mol. The van der Waals surface area contributed by atoms with E-state index in [9.17, 15) is 9.18 Å². The maximum Gasteiger partial charge on any atom is 0.259 e. The van der Waals surface area contributed by atoms with E-state index in [0.29, 0.717) is 22.6 Å². The number of anilines is 2. The second-order valence-electron chi connectivity index (χ2n) is 7.15. The van der Waals surface area contributed by atoms with E-state index in [4.69, 9.17) is 0 Å². The number of hydrogen-bond donors (Lipinski definition) is 2. The number of hydrogen-bond acceptors (Lipinski definition) is 4. The van der Waals surface area contributed by atoms with Gasteiger partial charge in [0.15, 0.2) is 0 Å². The number of carbonyl (C=O) groups is 1. The Labute approximate surface area is 169 Å². The molecular weight excluding hydrogens is 367 g/mol. The first-order valence-electron chi connectivity index (χ1n) is 9.67. The lowest BCUT2D eigenvalue weighted by Crippen LogP contribution is -2.46. The third-order valence-electron chi connectivity index (χ3n) is 5.14. The van der Waals surface area contributed by atoms with Crippen LogP contribution in [0.15, 0.2) is 66.9 Å². The third-order valence-corrected chi connectivity index (χ3v) is 5.14. The molecule has 3 aromatic rings. The highest BCUT2D eigenvalue weighted by molar-refractivity contribution is 6.07. The van der Waals surface area contributed by atoms with Crippen LogP contribution in [-0.4, -0.2) is 30.5 Å². The molecule has 1 atom stereocenters. The Morgan fingerprint density at radius 1 is 1.17 bits per heavy atom. The minimum atomic E-state index is -0.324. The van der Waals surface area contributed by atoms with E-state index in [0.717, 1.165) is 19.6 Å². The molecule has 2 heterocycles. The summed E-state index contributed by atoms with van der Waals surface area (Å²) in [4.78, 5) is 19.6. The first-order chi connectivity index (χ1) is 14.1. The molecule has 29 heavy (non-hydrogen) atoms. The molecule has 1 saturated heterocycles. The van der Waals surface area contributed by atoms with Crippen molar-refractivity contribution in [2.45, 2.75) is 13.0 Å². The van der Waals surface area contributed by atoms with Crippen LogP contribution in [-0.2, 0) is 0 Å². The standard InChI is InChI=1S/C23H23FN4O/c1-16-14-18(24)9-10-20(16)27-23(29)19-8-5-11-26-22(19)28-13-12-25-21(15-28)17-6-3-2-4-7-17/h2-11,14,21,25H,12-13,15H2,1H3,(H,27,29)/t21-/m0/s1. The van der Waals surface area contributed by atoms with Crippen LogP contribution in [0.5, 0.6) is 0 Å². The van der Waals surface area contributed by atoms with Gasteiger partial charge in [-0.1, -0.05) is 30.3 Å². The highest BCUT2D eigenvalue weighted by Gasteiger charge is 2.25. The van der Waals surface area contributed by atoms with Crippen molar-refractivity contribution in [3.05, 3.63) is 89.4 Å². The van der Waals surface area contributed by atoms with Crippen LogP contribution in [0.2, 0.25) is 0 Å². The molecule has 4 rings (SSSR count). The molecular formula is C23H23FN4O. The second kappa shape index (κ2) is 8.41. The maximum atomic E-state index is 13.4. The molecule has 0 radical (unpaired) electrons. The fourth-order valence-electron chi connectivity index (χ4n) is 3.63. The van der Waals surface area contributed by atoms with Gasteiger partial charge in [-0.3, -0.25) is 4.79 Å². The Bertz CT molecular complexity index is 1010. The van der Waals surface area contributed by atoms with E-state index >= 15 is 0 Å². The summed E-state index contributed by atoms with van der Waals surface area (Å²) in [5.41, 5.74) is 2.98. The molecule has 0 spiro atoms. The van der Waals surface area contributed by atoms with Gasteiger partial charge in [-0.15, -0.1) is 0 Å². The summed E-state index contributed by atoms with van der Waals surface area (Å²) in [6.45, 7) is 4.05. The largest absolute Gasteiger partial charge is 0.353 e. The first-order valence-corrected chi connectivity index (χ1v) is 9.67. The molecule has 1 aromatic heterocycles. The van der Waals surface area contributed by atoms with Gasteiger partial charge in [0, 0.05) is 37.6 Å². The number of pyridine rings is 1. The molecule has 2 N–H and O–H groups in total. The number of rotatable bonds is 4. The molecule has 148 valence electrons. The van der Waals surface area contributed by atoms with Crippen molar-refractivity contribution < 1.29 is 9.18 Å². The van der Waals surface area contributed by atoms with Crippen molar-refractivity contribution in [3.8, 4) is 0 Å². The number of amides is 1. The number of nitrogens with one attached hydrogen (secondary N) is 2. The van der Waals surface area contributed by atoms with E-state index in [-0.39, 0.29) is 17.8 Å². The van der Waals surface area contributed by atoms with Crippen LogP contribution in [0.3, 0.4) is 0 Å². The summed E-state index contributed by atoms with van der Waals surface area (Å²) in [5, 5.41) is 6.42. The Hall–Kier alpha value is -3.25. The van der Waals surface area contributed by atoms with Crippen LogP contribution in [0.25, 0.3) is 0 Å². The van der Waals surface area contributed by atoms with Crippen LogP contribution in [0, 0.1) is 12.7 Å². The van der Waals surface area contributed by atoms with Crippen LogP contribution < -0.4 is 15.5 Å². The van der Waals surface area contributed by atoms with E-state index in [1.165, 1.54) is 17.7 Å². The molecule has 5 nitrogen and oxygen atoms in total. The quantitative estimate of drug-likeness (QED) is 0.709. The zero-order valence-electron chi connectivity index (χ0n) is 16.2. The normalized spacial score (nSPS) is 16.5. The molecule has 0 aliphatic carbocycles. The Morgan fingerprint density at radius 2 is 2.00 bits per heavy atom. The van der Waals surface area contributed by atoms with Gasteiger partial charge in [-0.05, 0) is 48.4 Å². The zero-order valence-corrected chi connectivity index (χ0v) is 16.2. The van der Waals surface area contributed by atoms with Crippen LogP contribution >= 0.6 is 0 Å². The van der Waals surface area contributed by atoms with Gasteiger partial charge < -0.3 is 15.5 Å². The van der Waals surface area contributed by atoms with Gasteiger partial charge in [0.05, 0.1) is 5.56 Å². The zero-order chi connectivity index (χ0) is 20.2. The lowest BCUT2D eigenvalue weighted by molar-refractivity contribution is 0.102. The van der Waals surface area contributed by atoms with Crippen molar-refractivity contribution in [2.24, 2.45) is 0 Å². The minimum absolute atomic E-state index is 0.169. The van der Waals surface area contributed by atoms with E-state index in [2.05, 4.69) is 32.7 Å². The predicted molar refractivity (Wildman–Crippen MR) is 113 cm³/mol. The lowest BCUT2D eigenvalue weighted by Gasteiger charge is -2.35. The molecule has 0 saturated carbocycles. The number of nitrogens with zero attached hydrogens (tertiary/aromatic N) is 2. The highest BCUT2D eigenvalue weighted by Crippen LogP contribution is 2.25. The van der Waals surface area contributed by atoms with E-state index in [1.807, 2.05) is 18.2 Å². The van der Waals surface area contributed by atoms with Crippen molar-refractivity contribution in [1.29, 1.82) is 0 Å². The molecule has 1 aliphatic rings. The fraction of sp³-hybridized carbons (Fsp3) is 0.217. The molecule has 1 fully saturated rings. The van der Waals surface area contributed by atoms with Gasteiger partial charge in [-0.2, -0.15) is 0 Å².